The first-order valence-corrected chi connectivity index (χ1v) is 8.80. The van der Waals surface area contributed by atoms with Crippen LogP contribution in [-0.2, 0) is 9.53 Å². The zero-order valence-corrected chi connectivity index (χ0v) is 17.3. The molecule has 7 nitrogen and oxygen atoms in total. The lowest BCUT2D eigenvalue weighted by Crippen LogP contribution is -2.50. The molecule has 2 N–H and O–H groups in total. The van der Waals surface area contributed by atoms with Crippen LogP contribution in [0.4, 0.5) is 0 Å². The van der Waals surface area contributed by atoms with E-state index in [2.05, 4.69) is 27.4 Å². The number of piperazine rings is 1. The Hall–Kier alpha value is -0.610. The maximum atomic E-state index is 11.3. The third-order valence-electron chi connectivity index (χ3n) is 4.36. The van der Waals surface area contributed by atoms with Crippen LogP contribution < -0.4 is 10.6 Å². The molecule has 0 saturated carbocycles. The predicted octanol–water partition coefficient (Wildman–Crippen LogP) is 0.503. The van der Waals surface area contributed by atoms with Crippen LogP contribution in [0.3, 0.4) is 0 Å². The highest BCUT2D eigenvalue weighted by molar-refractivity contribution is 14.0. The number of hydrogen-bond donors (Lipinski definition) is 2. The lowest BCUT2D eigenvalue weighted by molar-refractivity contribution is -0.130. The third kappa shape index (κ3) is 7.52. The topological polar surface area (TPSA) is 69.2 Å². The Labute approximate surface area is 162 Å². The third-order valence-corrected chi connectivity index (χ3v) is 4.36. The molecule has 0 aromatic carbocycles. The van der Waals surface area contributed by atoms with Gasteiger partial charge in [0.2, 0.25) is 5.91 Å². The average molecular weight is 453 g/mol. The Kier molecular flexibility index (Phi) is 10.6. The number of aliphatic imine (C=N–C) groups is 1. The van der Waals surface area contributed by atoms with E-state index in [1.807, 2.05) is 4.90 Å². The molecule has 1 atom stereocenters. The van der Waals surface area contributed by atoms with Crippen molar-refractivity contribution in [3.8, 4) is 0 Å². The van der Waals surface area contributed by atoms with Crippen molar-refractivity contribution < 1.29 is 9.53 Å². The summed E-state index contributed by atoms with van der Waals surface area (Å²) in [5.41, 5.74) is 0. The fraction of sp³-hybridized carbons (Fsp3) is 0.875. The number of halogens is 1. The maximum Gasteiger partial charge on any atom is 0.219 e. The summed E-state index contributed by atoms with van der Waals surface area (Å²) in [6.07, 6.45) is 2.55. The molecule has 0 aromatic rings. The molecule has 0 spiro atoms. The number of ether oxygens (including phenoxy) is 1. The van der Waals surface area contributed by atoms with Gasteiger partial charge < -0.3 is 20.3 Å². The molecule has 24 heavy (non-hydrogen) atoms. The van der Waals surface area contributed by atoms with E-state index in [4.69, 9.17) is 4.74 Å². The summed E-state index contributed by atoms with van der Waals surface area (Å²) in [6.45, 7) is 11.6. The molecule has 2 heterocycles. The standard InChI is InChI=1S/C16H31N5O2.HI/c1-3-17-16(19-13-15-5-4-12-23-15)18-6-7-20-8-10-21(11-9-20)14(2)22;/h15H,3-13H2,1-2H3,(H2,17,18,19);1H. The summed E-state index contributed by atoms with van der Waals surface area (Å²) >= 11 is 0. The molecule has 0 radical (unpaired) electrons. The molecule has 2 aliphatic rings. The molecule has 2 fully saturated rings. The SMILES string of the molecule is CCNC(=NCC1CCCO1)NCCN1CCN(C(C)=O)CC1.I. The van der Waals surface area contributed by atoms with Crippen LogP contribution in [0.5, 0.6) is 0 Å². The fourth-order valence-electron chi connectivity index (χ4n) is 2.94. The first kappa shape index (κ1) is 21.4. The van der Waals surface area contributed by atoms with E-state index in [1.165, 1.54) is 0 Å². The van der Waals surface area contributed by atoms with Gasteiger partial charge in [0.05, 0.1) is 12.6 Å². The van der Waals surface area contributed by atoms with Crippen LogP contribution in [0.1, 0.15) is 26.7 Å². The van der Waals surface area contributed by atoms with E-state index in [1.54, 1.807) is 6.92 Å². The minimum absolute atomic E-state index is 0. The van der Waals surface area contributed by atoms with Gasteiger partial charge in [-0.2, -0.15) is 0 Å². The zero-order valence-electron chi connectivity index (χ0n) is 14.9. The molecule has 2 saturated heterocycles. The van der Waals surface area contributed by atoms with Crippen molar-refractivity contribution in [1.29, 1.82) is 0 Å². The molecule has 0 aliphatic carbocycles. The van der Waals surface area contributed by atoms with E-state index in [-0.39, 0.29) is 36.0 Å². The van der Waals surface area contributed by atoms with Gasteiger partial charge in [-0.15, -0.1) is 24.0 Å². The highest BCUT2D eigenvalue weighted by Gasteiger charge is 2.18. The second-order valence-electron chi connectivity index (χ2n) is 6.13. The van der Waals surface area contributed by atoms with Crippen LogP contribution >= 0.6 is 24.0 Å². The largest absolute Gasteiger partial charge is 0.376 e. The van der Waals surface area contributed by atoms with Gasteiger partial charge in [-0.1, -0.05) is 0 Å². The van der Waals surface area contributed by atoms with Crippen LogP contribution in [0.25, 0.3) is 0 Å². The number of rotatable bonds is 6. The van der Waals surface area contributed by atoms with Crippen LogP contribution in [0, 0.1) is 0 Å². The van der Waals surface area contributed by atoms with Gasteiger partial charge in [0.25, 0.3) is 0 Å². The van der Waals surface area contributed by atoms with E-state index in [0.717, 1.165) is 77.8 Å². The van der Waals surface area contributed by atoms with E-state index < -0.39 is 0 Å². The van der Waals surface area contributed by atoms with Crippen molar-refractivity contribution in [2.45, 2.75) is 32.8 Å². The van der Waals surface area contributed by atoms with Gasteiger partial charge in [-0.05, 0) is 19.8 Å². The van der Waals surface area contributed by atoms with E-state index in [9.17, 15) is 4.79 Å². The van der Waals surface area contributed by atoms with Gasteiger partial charge in [0.1, 0.15) is 0 Å². The Bertz CT molecular complexity index is 394. The zero-order chi connectivity index (χ0) is 16.5. The number of carbonyl (C=O) groups is 1. The Morgan fingerprint density at radius 1 is 1.25 bits per heavy atom. The van der Waals surface area contributed by atoms with Gasteiger partial charge >= 0.3 is 0 Å². The molecule has 140 valence electrons. The average Bonchev–Trinajstić information content (AvgIpc) is 3.06. The first-order valence-electron chi connectivity index (χ1n) is 8.80. The van der Waals surface area contributed by atoms with Gasteiger partial charge in [-0.25, -0.2) is 0 Å². The maximum absolute atomic E-state index is 11.3. The van der Waals surface area contributed by atoms with Crippen molar-refractivity contribution in [2.75, 3.05) is 59.0 Å². The quantitative estimate of drug-likeness (QED) is 0.349. The molecule has 0 bridgehead atoms. The van der Waals surface area contributed by atoms with Crippen molar-refractivity contribution in [2.24, 2.45) is 4.99 Å². The van der Waals surface area contributed by atoms with Gasteiger partial charge in [-0.3, -0.25) is 14.7 Å². The molecule has 2 aliphatic heterocycles. The second kappa shape index (κ2) is 11.9. The van der Waals surface area contributed by atoms with E-state index in [0.29, 0.717) is 0 Å². The molecule has 2 rings (SSSR count). The Morgan fingerprint density at radius 2 is 2.00 bits per heavy atom. The molecule has 0 aromatic heterocycles. The summed E-state index contributed by atoms with van der Waals surface area (Å²) < 4.78 is 5.61. The number of amides is 1. The van der Waals surface area contributed by atoms with E-state index >= 15 is 0 Å². The number of guanidine groups is 1. The minimum atomic E-state index is 0. The smallest absolute Gasteiger partial charge is 0.219 e. The van der Waals surface area contributed by atoms with Gasteiger partial charge in [0, 0.05) is 59.3 Å². The fourth-order valence-corrected chi connectivity index (χ4v) is 2.94. The molecular weight excluding hydrogens is 421 g/mol. The lowest BCUT2D eigenvalue weighted by Gasteiger charge is -2.34. The van der Waals surface area contributed by atoms with Crippen molar-refractivity contribution in [1.82, 2.24) is 20.4 Å². The molecule has 1 unspecified atom stereocenters. The summed E-state index contributed by atoms with van der Waals surface area (Å²) in [5.74, 6) is 1.05. The lowest BCUT2D eigenvalue weighted by atomic mass is 10.2. The summed E-state index contributed by atoms with van der Waals surface area (Å²) in [7, 11) is 0. The van der Waals surface area contributed by atoms with Gasteiger partial charge in [0.15, 0.2) is 5.96 Å². The minimum Gasteiger partial charge on any atom is -0.376 e. The highest BCUT2D eigenvalue weighted by Crippen LogP contribution is 2.11. The number of nitrogens with zero attached hydrogens (tertiary/aromatic N) is 3. The summed E-state index contributed by atoms with van der Waals surface area (Å²) in [4.78, 5) is 20.2. The summed E-state index contributed by atoms with van der Waals surface area (Å²) in [5, 5.41) is 6.67. The Balaban J connectivity index is 0.00000288. The summed E-state index contributed by atoms with van der Waals surface area (Å²) in [6, 6.07) is 0. The molecule has 8 heteroatoms. The normalized spacial score (nSPS) is 22.2. The number of hydrogen-bond acceptors (Lipinski definition) is 4. The first-order chi connectivity index (χ1) is 11.2. The van der Waals surface area contributed by atoms with Crippen LogP contribution in [0.15, 0.2) is 4.99 Å². The molecular formula is C16H32IN5O2. The van der Waals surface area contributed by atoms with Crippen LogP contribution in [0.2, 0.25) is 0 Å². The predicted molar refractivity (Wildman–Crippen MR) is 107 cm³/mol. The van der Waals surface area contributed by atoms with Crippen molar-refractivity contribution in [3.05, 3.63) is 0 Å². The number of nitrogens with one attached hydrogen (secondary N) is 2. The van der Waals surface area contributed by atoms with Crippen LogP contribution in [-0.4, -0.2) is 86.7 Å². The van der Waals surface area contributed by atoms with Crippen molar-refractivity contribution in [3.63, 3.8) is 0 Å². The molecule has 1 amide bonds. The Morgan fingerprint density at radius 3 is 2.58 bits per heavy atom. The highest BCUT2D eigenvalue weighted by atomic mass is 127. The second-order valence-corrected chi connectivity index (χ2v) is 6.13. The number of carbonyl (C=O) groups excluding carboxylic acids is 1. The monoisotopic (exact) mass is 453 g/mol. The van der Waals surface area contributed by atoms with Crippen molar-refractivity contribution >= 4 is 35.8 Å².